The van der Waals surface area contributed by atoms with Crippen LogP contribution in [0.25, 0.3) is 5.76 Å². The van der Waals surface area contributed by atoms with E-state index in [1.165, 1.54) is 4.90 Å². The SMILES string of the molecule is Cc1ccc(C)c(N2C(=O)C(=O)/C(=C(\O)c3ccc4c(c3)OCCO4)C2c2ccccn2)c1. The summed E-state index contributed by atoms with van der Waals surface area (Å²) < 4.78 is 11.2. The predicted octanol–water partition coefficient (Wildman–Crippen LogP) is 4.10. The molecule has 0 radical (unpaired) electrons. The second kappa shape index (κ2) is 8.09. The van der Waals surface area contributed by atoms with Crippen LogP contribution in [0.2, 0.25) is 0 Å². The number of aliphatic hydroxyl groups is 1. The summed E-state index contributed by atoms with van der Waals surface area (Å²) >= 11 is 0. The molecule has 7 nitrogen and oxygen atoms in total. The molecule has 5 rings (SSSR count). The van der Waals surface area contributed by atoms with Gasteiger partial charge in [0.05, 0.1) is 11.3 Å². The molecule has 2 aromatic carbocycles. The Morgan fingerprint density at radius 2 is 1.79 bits per heavy atom. The first-order valence-corrected chi connectivity index (χ1v) is 10.6. The maximum Gasteiger partial charge on any atom is 0.300 e. The molecular formula is C26H22N2O5. The van der Waals surface area contributed by atoms with Crippen LogP contribution in [0.4, 0.5) is 5.69 Å². The topological polar surface area (TPSA) is 89.0 Å². The van der Waals surface area contributed by atoms with Gasteiger partial charge in [-0.2, -0.15) is 0 Å². The number of anilines is 1. The fraction of sp³-hybridized carbons (Fsp3) is 0.192. The van der Waals surface area contributed by atoms with Gasteiger partial charge in [0, 0.05) is 17.4 Å². The number of Topliss-reactive ketones (excluding diaryl/α,β-unsaturated/α-hetero) is 1. The van der Waals surface area contributed by atoms with E-state index >= 15 is 0 Å². The standard InChI is InChI=1S/C26H22N2O5/c1-15-6-7-16(2)19(13-15)28-23(18-5-3-4-10-27-18)22(25(30)26(28)31)24(29)17-8-9-20-21(14-17)33-12-11-32-20/h3-10,13-14,23,29H,11-12H2,1-2H3/b24-22-. The maximum absolute atomic E-state index is 13.3. The van der Waals surface area contributed by atoms with Gasteiger partial charge in [-0.15, -0.1) is 0 Å². The molecule has 1 amide bonds. The number of ketones is 1. The number of carbonyl (C=O) groups excluding carboxylic acids is 2. The minimum absolute atomic E-state index is 0.0173. The van der Waals surface area contributed by atoms with E-state index in [0.717, 1.165) is 11.1 Å². The monoisotopic (exact) mass is 442 g/mol. The molecule has 1 unspecified atom stereocenters. The van der Waals surface area contributed by atoms with Gasteiger partial charge in [0.25, 0.3) is 11.7 Å². The van der Waals surface area contributed by atoms with Crippen molar-refractivity contribution in [3.05, 3.63) is 88.8 Å². The van der Waals surface area contributed by atoms with Crippen LogP contribution in [0.1, 0.15) is 28.4 Å². The number of hydrogen-bond donors (Lipinski definition) is 1. The number of ether oxygens (including phenoxy) is 2. The van der Waals surface area contributed by atoms with Crippen molar-refractivity contribution >= 4 is 23.1 Å². The molecule has 1 fully saturated rings. The van der Waals surface area contributed by atoms with Gasteiger partial charge in [0.1, 0.15) is 25.0 Å². The quantitative estimate of drug-likeness (QED) is 0.373. The van der Waals surface area contributed by atoms with Gasteiger partial charge in [-0.05, 0) is 61.4 Å². The van der Waals surface area contributed by atoms with Crippen molar-refractivity contribution in [2.24, 2.45) is 0 Å². The summed E-state index contributed by atoms with van der Waals surface area (Å²) in [7, 11) is 0. The molecule has 2 aliphatic rings. The van der Waals surface area contributed by atoms with Crippen LogP contribution in [0.5, 0.6) is 11.5 Å². The highest BCUT2D eigenvalue weighted by molar-refractivity contribution is 6.51. The first-order chi connectivity index (χ1) is 16.0. The summed E-state index contributed by atoms with van der Waals surface area (Å²) in [5.74, 6) is -0.718. The number of amides is 1. The Morgan fingerprint density at radius 3 is 2.55 bits per heavy atom. The lowest BCUT2D eigenvalue weighted by molar-refractivity contribution is -0.132. The van der Waals surface area contributed by atoms with Crippen LogP contribution in [0.15, 0.2) is 66.4 Å². The van der Waals surface area contributed by atoms with Gasteiger partial charge < -0.3 is 14.6 Å². The van der Waals surface area contributed by atoms with E-state index in [-0.39, 0.29) is 11.3 Å². The number of aryl methyl sites for hydroxylation is 2. The molecule has 1 aromatic heterocycles. The Bertz CT molecular complexity index is 1300. The van der Waals surface area contributed by atoms with Crippen molar-refractivity contribution in [1.82, 2.24) is 4.98 Å². The summed E-state index contributed by atoms with van der Waals surface area (Å²) in [6, 6.07) is 15.1. The molecular weight excluding hydrogens is 420 g/mol. The van der Waals surface area contributed by atoms with E-state index in [4.69, 9.17) is 9.47 Å². The molecule has 2 aliphatic heterocycles. The number of nitrogens with zero attached hydrogens (tertiary/aromatic N) is 2. The highest BCUT2D eigenvalue weighted by Crippen LogP contribution is 2.43. The van der Waals surface area contributed by atoms with Crippen molar-refractivity contribution in [3.63, 3.8) is 0 Å². The largest absolute Gasteiger partial charge is 0.507 e. The Balaban J connectivity index is 1.71. The molecule has 1 atom stereocenters. The van der Waals surface area contributed by atoms with Crippen molar-refractivity contribution in [2.75, 3.05) is 18.1 Å². The molecule has 0 bridgehead atoms. The van der Waals surface area contributed by atoms with Crippen LogP contribution >= 0.6 is 0 Å². The van der Waals surface area contributed by atoms with E-state index in [0.29, 0.717) is 41.7 Å². The zero-order chi connectivity index (χ0) is 23.1. The van der Waals surface area contributed by atoms with Gasteiger partial charge >= 0.3 is 0 Å². The number of carbonyl (C=O) groups is 2. The van der Waals surface area contributed by atoms with E-state index in [9.17, 15) is 14.7 Å². The summed E-state index contributed by atoms with van der Waals surface area (Å²) in [4.78, 5) is 32.4. The van der Waals surface area contributed by atoms with E-state index in [1.807, 2.05) is 32.0 Å². The Kier molecular flexibility index (Phi) is 5.09. The van der Waals surface area contributed by atoms with Crippen LogP contribution in [-0.2, 0) is 9.59 Å². The molecule has 166 valence electrons. The van der Waals surface area contributed by atoms with Crippen LogP contribution in [0.3, 0.4) is 0 Å². The Labute approximate surface area is 190 Å². The zero-order valence-electron chi connectivity index (χ0n) is 18.2. The number of rotatable bonds is 3. The Hall–Kier alpha value is -4.13. The fourth-order valence-corrected chi connectivity index (χ4v) is 4.22. The molecule has 0 saturated carbocycles. The number of aromatic nitrogens is 1. The number of hydrogen-bond acceptors (Lipinski definition) is 6. The predicted molar refractivity (Wildman–Crippen MR) is 122 cm³/mol. The normalized spacial score (nSPS) is 19.1. The maximum atomic E-state index is 13.3. The molecule has 3 heterocycles. The highest BCUT2D eigenvalue weighted by atomic mass is 16.6. The molecule has 1 N–H and O–H groups in total. The second-order valence-electron chi connectivity index (χ2n) is 8.07. The van der Waals surface area contributed by atoms with Crippen LogP contribution in [-0.4, -0.2) is 35.0 Å². The van der Waals surface area contributed by atoms with Gasteiger partial charge in [0.2, 0.25) is 0 Å². The summed E-state index contributed by atoms with van der Waals surface area (Å²) in [5.41, 5.74) is 3.22. The third-order valence-corrected chi connectivity index (χ3v) is 5.85. The molecule has 3 aromatic rings. The van der Waals surface area contributed by atoms with E-state index in [1.54, 1.807) is 42.6 Å². The van der Waals surface area contributed by atoms with Crippen LogP contribution < -0.4 is 14.4 Å². The lowest BCUT2D eigenvalue weighted by Crippen LogP contribution is -2.30. The lowest BCUT2D eigenvalue weighted by Gasteiger charge is -2.26. The van der Waals surface area contributed by atoms with E-state index < -0.39 is 17.7 Å². The third-order valence-electron chi connectivity index (χ3n) is 5.85. The number of benzene rings is 2. The average molecular weight is 442 g/mol. The van der Waals surface area contributed by atoms with Crippen molar-refractivity contribution in [1.29, 1.82) is 0 Å². The molecule has 7 heteroatoms. The zero-order valence-corrected chi connectivity index (χ0v) is 18.2. The van der Waals surface area contributed by atoms with Crippen molar-refractivity contribution < 1.29 is 24.2 Å². The summed E-state index contributed by atoms with van der Waals surface area (Å²) in [5, 5.41) is 11.3. The molecule has 0 aliphatic carbocycles. The third kappa shape index (κ3) is 3.51. The van der Waals surface area contributed by atoms with Gasteiger partial charge in [0.15, 0.2) is 11.5 Å². The summed E-state index contributed by atoms with van der Waals surface area (Å²) in [6.07, 6.45) is 1.60. The van der Waals surface area contributed by atoms with Crippen molar-refractivity contribution in [2.45, 2.75) is 19.9 Å². The van der Waals surface area contributed by atoms with Gasteiger partial charge in [-0.1, -0.05) is 18.2 Å². The Morgan fingerprint density at radius 1 is 1.00 bits per heavy atom. The fourth-order valence-electron chi connectivity index (χ4n) is 4.22. The molecule has 0 spiro atoms. The average Bonchev–Trinajstić information content (AvgIpc) is 3.10. The molecule has 33 heavy (non-hydrogen) atoms. The summed E-state index contributed by atoms with van der Waals surface area (Å²) in [6.45, 7) is 4.63. The van der Waals surface area contributed by atoms with Crippen molar-refractivity contribution in [3.8, 4) is 11.5 Å². The lowest BCUT2D eigenvalue weighted by atomic mass is 9.97. The minimum atomic E-state index is -0.875. The van der Waals surface area contributed by atoms with Gasteiger partial charge in [-0.25, -0.2) is 0 Å². The van der Waals surface area contributed by atoms with Crippen LogP contribution in [0, 0.1) is 13.8 Å². The number of pyridine rings is 1. The molecule has 1 saturated heterocycles. The van der Waals surface area contributed by atoms with Gasteiger partial charge in [-0.3, -0.25) is 19.5 Å². The first kappa shape index (κ1) is 20.8. The smallest absolute Gasteiger partial charge is 0.300 e. The minimum Gasteiger partial charge on any atom is -0.507 e. The first-order valence-electron chi connectivity index (χ1n) is 10.6. The number of fused-ring (bicyclic) bond motifs is 1. The van der Waals surface area contributed by atoms with E-state index in [2.05, 4.69) is 4.98 Å². The highest BCUT2D eigenvalue weighted by Gasteiger charge is 2.48. The number of aliphatic hydroxyl groups excluding tert-OH is 1. The second-order valence-corrected chi connectivity index (χ2v) is 8.07.